The van der Waals surface area contributed by atoms with E-state index in [9.17, 15) is 0 Å². The van der Waals surface area contributed by atoms with Crippen LogP contribution in [0.25, 0.3) is 0 Å². The van der Waals surface area contributed by atoms with Crippen LogP contribution in [0.1, 0.15) is 46.0 Å². The monoisotopic (exact) mass is 237 g/mol. The van der Waals surface area contributed by atoms with Crippen molar-refractivity contribution in [3.8, 4) is 12.3 Å². The highest BCUT2D eigenvalue weighted by Crippen LogP contribution is 2.08. The predicted molar refractivity (Wildman–Crippen MR) is 76.1 cm³/mol. The zero-order valence-corrected chi connectivity index (χ0v) is 11.6. The Labute approximate surface area is 106 Å². The molecule has 0 fully saturated rings. The van der Waals surface area contributed by atoms with Gasteiger partial charge in [-0.3, -0.25) is 4.99 Å². The van der Waals surface area contributed by atoms with Gasteiger partial charge in [-0.05, 0) is 12.3 Å². The molecule has 0 heterocycles. The van der Waals surface area contributed by atoms with Gasteiger partial charge in [0.05, 0.1) is 6.54 Å². The maximum atomic E-state index is 5.17. The molecule has 0 aromatic carbocycles. The molecule has 2 N–H and O–H groups in total. The summed E-state index contributed by atoms with van der Waals surface area (Å²) < 4.78 is 0. The van der Waals surface area contributed by atoms with Gasteiger partial charge in [0.1, 0.15) is 0 Å². The van der Waals surface area contributed by atoms with Crippen LogP contribution in [0.3, 0.4) is 0 Å². The molecule has 0 aliphatic carbocycles. The maximum Gasteiger partial charge on any atom is 0.191 e. The molecule has 0 rings (SSSR count). The minimum absolute atomic E-state index is 0.522. The lowest BCUT2D eigenvalue weighted by atomic mass is 10.0. The van der Waals surface area contributed by atoms with Gasteiger partial charge in [0.15, 0.2) is 5.96 Å². The summed E-state index contributed by atoms with van der Waals surface area (Å²) in [7, 11) is 1.76. The molecule has 0 bridgehead atoms. The SMILES string of the molecule is C#CCNC(=NC)NCCCCCCC(C)C. The summed E-state index contributed by atoms with van der Waals surface area (Å²) in [4.78, 5) is 4.08. The number of hydrogen-bond donors (Lipinski definition) is 2. The van der Waals surface area contributed by atoms with Crippen molar-refractivity contribution in [2.24, 2.45) is 10.9 Å². The Balaban J connectivity index is 3.35. The first kappa shape index (κ1) is 15.8. The van der Waals surface area contributed by atoms with E-state index in [0.29, 0.717) is 6.54 Å². The molecule has 0 aliphatic rings. The first-order valence-electron chi connectivity index (χ1n) is 6.58. The van der Waals surface area contributed by atoms with Crippen LogP contribution in [0.15, 0.2) is 4.99 Å². The first-order chi connectivity index (χ1) is 8.20. The highest BCUT2D eigenvalue weighted by Gasteiger charge is 1.96. The van der Waals surface area contributed by atoms with Gasteiger partial charge < -0.3 is 10.6 Å². The third-order valence-electron chi connectivity index (χ3n) is 2.58. The second kappa shape index (κ2) is 11.3. The average Bonchev–Trinajstić information content (AvgIpc) is 2.31. The number of aliphatic imine (C=N–C) groups is 1. The molecule has 0 aliphatic heterocycles. The Morgan fingerprint density at radius 1 is 1.18 bits per heavy atom. The summed E-state index contributed by atoms with van der Waals surface area (Å²) in [6.07, 6.45) is 11.7. The molecule has 0 saturated heterocycles. The van der Waals surface area contributed by atoms with Crippen molar-refractivity contribution in [2.75, 3.05) is 20.1 Å². The molecule has 0 saturated carbocycles. The molecule has 3 nitrogen and oxygen atoms in total. The molecule has 0 amide bonds. The van der Waals surface area contributed by atoms with Crippen molar-refractivity contribution in [1.82, 2.24) is 10.6 Å². The molecule has 0 atom stereocenters. The third-order valence-corrected chi connectivity index (χ3v) is 2.58. The smallest absolute Gasteiger partial charge is 0.191 e. The minimum Gasteiger partial charge on any atom is -0.356 e. The predicted octanol–water partition coefficient (Wildman–Crippen LogP) is 2.39. The Bertz CT molecular complexity index is 238. The largest absolute Gasteiger partial charge is 0.356 e. The summed E-state index contributed by atoms with van der Waals surface area (Å²) in [6.45, 7) is 6.05. The molecule has 17 heavy (non-hydrogen) atoms. The van der Waals surface area contributed by atoms with Crippen LogP contribution in [0.4, 0.5) is 0 Å². The topological polar surface area (TPSA) is 36.4 Å². The summed E-state index contributed by atoms with van der Waals surface area (Å²) in [5.41, 5.74) is 0. The van der Waals surface area contributed by atoms with Gasteiger partial charge in [-0.2, -0.15) is 0 Å². The van der Waals surface area contributed by atoms with Gasteiger partial charge in [0.25, 0.3) is 0 Å². The van der Waals surface area contributed by atoms with Crippen molar-refractivity contribution in [2.45, 2.75) is 46.0 Å². The Morgan fingerprint density at radius 2 is 1.88 bits per heavy atom. The number of guanidine groups is 1. The van der Waals surface area contributed by atoms with E-state index < -0.39 is 0 Å². The molecule has 0 spiro atoms. The fourth-order valence-electron chi connectivity index (χ4n) is 1.59. The van der Waals surface area contributed by atoms with Crippen molar-refractivity contribution >= 4 is 5.96 Å². The first-order valence-corrected chi connectivity index (χ1v) is 6.58. The normalized spacial score (nSPS) is 11.4. The molecule has 0 radical (unpaired) electrons. The number of nitrogens with one attached hydrogen (secondary N) is 2. The fourth-order valence-corrected chi connectivity index (χ4v) is 1.59. The molecule has 0 aromatic heterocycles. The second-order valence-corrected chi connectivity index (χ2v) is 4.65. The van der Waals surface area contributed by atoms with Crippen LogP contribution >= 0.6 is 0 Å². The van der Waals surface area contributed by atoms with Crippen molar-refractivity contribution in [3.63, 3.8) is 0 Å². The van der Waals surface area contributed by atoms with Crippen LogP contribution in [0.5, 0.6) is 0 Å². The fraction of sp³-hybridized carbons (Fsp3) is 0.786. The standard InChI is InChI=1S/C14H27N3/c1-5-11-16-14(15-4)17-12-9-7-6-8-10-13(2)3/h1,13H,6-12H2,2-4H3,(H2,15,16,17). The van der Waals surface area contributed by atoms with E-state index >= 15 is 0 Å². The van der Waals surface area contributed by atoms with Crippen molar-refractivity contribution < 1.29 is 0 Å². The van der Waals surface area contributed by atoms with Gasteiger partial charge in [-0.15, -0.1) is 6.42 Å². The number of terminal acetylenes is 1. The molecule has 0 unspecified atom stereocenters. The lowest BCUT2D eigenvalue weighted by Crippen LogP contribution is -2.37. The molecule has 3 heteroatoms. The number of hydrogen-bond acceptors (Lipinski definition) is 1. The van der Waals surface area contributed by atoms with E-state index in [0.717, 1.165) is 18.4 Å². The van der Waals surface area contributed by atoms with Gasteiger partial charge >= 0.3 is 0 Å². The third kappa shape index (κ3) is 11.1. The number of unbranched alkanes of at least 4 members (excludes halogenated alkanes) is 3. The van der Waals surface area contributed by atoms with E-state index in [2.05, 4.69) is 35.4 Å². The van der Waals surface area contributed by atoms with Gasteiger partial charge in [-0.25, -0.2) is 0 Å². The van der Waals surface area contributed by atoms with Crippen LogP contribution in [0.2, 0.25) is 0 Å². The Kier molecular flexibility index (Phi) is 10.5. The highest BCUT2D eigenvalue weighted by atomic mass is 15.2. The molecular weight excluding hydrogens is 210 g/mol. The zero-order valence-electron chi connectivity index (χ0n) is 11.6. The van der Waals surface area contributed by atoms with E-state index in [1.807, 2.05) is 0 Å². The second-order valence-electron chi connectivity index (χ2n) is 4.65. The lowest BCUT2D eigenvalue weighted by Gasteiger charge is -2.09. The molecule has 0 aromatic rings. The highest BCUT2D eigenvalue weighted by molar-refractivity contribution is 5.79. The summed E-state index contributed by atoms with van der Waals surface area (Å²) in [5, 5.41) is 6.29. The lowest BCUT2D eigenvalue weighted by molar-refractivity contribution is 0.519. The number of nitrogens with zero attached hydrogens (tertiary/aromatic N) is 1. The Morgan fingerprint density at radius 3 is 2.47 bits per heavy atom. The van der Waals surface area contributed by atoms with Crippen LogP contribution in [0, 0.1) is 18.3 Å². The van der Waals surface area contributed by atoms with Gasteiger partial charge in [0, 0.05) is 13.6 Å². The van der Waals surface area contributed by atoms with E-state index in [1.165, 1.54) is 32.1 Å². The number of rotatable bonds is 8. The van der Waals surface area contributed by atoms with Crippen LogP contribution < -0.4 is 10.6 Å². The summed E-state index contributed by atoms with van der Waals surface area (Å²) >= 11 is 0. The summed E-state index contributed by atoms with van der Waals surface area (Å²) in [6, 6.07) is 0. The quantitative estimate of drug-likeness (QED) is 0.294. The van der Waals surface area contributed by atoms with Gasteiger partial charge in [-0.1, -0.05) is 45.5 Å². The van der Waals surface area contributed by atoms with Crippen molar-refractivity contribution in [1.29, 1.82) is 0 Å². The van der Waals surface area contributed by atoms with E-state index in [4.69, 9.17) is 6.42 Å². The molecule has 98 valence electrons. The minimum atomic E-state index is 0.522. The zero-order chi connectivity index (χ0) is 12.9. The summed E-state index contributed by atoms with van der Waals surface area (Å²) in [5.74, 6) is 4.16. The van der Waals surface area contributed by atoms with Gasteiger partial charge in [0.2, 0.25) is 0 Å². The van der Waals surface area contributed by atoms with Crippen molar-refractivity contribution in [3.05, 3.63) is 0 Å². The molecular formula is C14H27N3. The van der Waals surface area contributed by atoms with Crippen LogP contribution in [-0.2, 0) is 0 Å². The van der Waals surface area contributed by atoms with E-state index in [1.54, 1.807) is 7.05 Å². The Hall–Kier alpha value is -1.17. The average molecular weight is 237 g/mol. The van der Waals surface area contributed by atoms with Crippen LogP contribution in [-0.4, -0.2) is 26.1 Å². The maximum absolute atomic E-state index is 5.17. The van der Waals surface area contributed by atoms with E-state index in [-0.39, 0.29) is 0 Å².